The molecule has 28 heavy (non-hydrogen) atoms. The fourth-order valence-electron chi connectivity index (χ4n) is 3.36. The van der Waals surface area contributed by atoms with Crippen LogP contribution < -0.4 is 9.64 Å². The summed E-state index contributed by atoms with van der Waals surface area (Å²) in [5.74, 6) is 0.726. The topological polar surface area (TPSA) is 55.6 Å². The van der Waals surface area contributed by atoms with E-state index in [1.54, 1.807) is 30.2 Å². The molecule has 1 aliphatic rings. The van der Waals surface area contributed by atoms with Gasteiger partial charge in [-0.3, -0.25) is 4.79 Å². The average molecular weight is 380 g/mol. The summed E-state index contributed by atoms with van der Waals surface area (Å²) in [7, 11) is 1.60. The molecule has 4 rings (SSSR count). The van der Waals surface area contributed by atoms with E-state index in [1.807, 2.05) is 31.2 Å². The third kappa shape index (κ3) is 3.50. The van der Waals surface area contributed by atoms with Gasteiger partial charge >= 0.3 is 0 Å². The van der Waals surface area contributed by atoms with E-state index in [4.69, 9.17) is 9.26 Å². The van der Waals surface area contributed by atoms with Crippen LogP contribution in [-0.2, 0) is 0 Å². The molecule has 1 saturated carbocycles. The molecule has 1 atom stereocenters. The highest BCUT2D eigenvalue weighted by Crippen LogP contribution is 2.38. The zero-order valence-electron chi connectivity index (χ0n) is 15.8. The Balaban J connectivity index is 1.66. The zero-order valence-corrected chi connectivity index (χ0v) is 15.8. The Morgan fingerprint density at radius 2 is 1.93 bits per heavy atom. The number of ether oxygens (including phenoxy) is 1. The van der Waals surface area contributed by atoms with Crippen molar-refractivity contribution in [2.45, 2.75) is 25.8 Å². The van der Waals surface area contributed by atoms with Crippen molar-refractivity contribution >= 4 is 11.6 Å². The van der Waals surface area contributed by atoms with Gasteiger partial charge in [-0.15, -0.1) is 0 Å². The number of carbonyl (C=O) groups is 1. The maximum atomic E-state index is 14.0. The normalized spacial score (nSPS) is 14.5. The van der Waals surface area contributed by atoms with E-state index in [1.165, 1.54) is 12.1 Å². The van der Waals surface area contributed by atoms with Crippen molar-refractivity contribution in [1.29, 1.82) is 0 Å². The number of aromatic nitrogens is 1. The van der Waals surface area contributed by atoms with Gasteiger partial charge < -0.3 is 14.2 Å². The molecule has 1 fully saturated rings. The summed E-state index contributed by atoms with van der Waals surface area (Å²) in [5, 5.41) is 3.92. The maximum absolute atomic E-state index is 14.0. The lowest BCUT2D eigenvalue weighted by atomic mass is 10.1. The van der Waals surface area contributed by atoms with Gasteiger partial charge in [0.15, 0.2) is 11.5 Å². The van der Waals surface area contributed by atoms with Gasteiger partial charge in [-0.2, -0.15) is 0 Å². The molecule has 0 saturated heterocycles. The predicted octanol–water partition coefficient (Wildman–Crippen LogP) is 4.93. The second kappa shape index (κ2) is 7.46. The second-order valence-electron chi connectivity index (χ2n) is 7.01. The SMILES string of the molecule is COc1ccc(N(C(=O)c2cc(-c3ccccc3F)on2)C(C)C2CC2)cc1. The smallest absolute Gasteiger partial charge is 0.280 e. The van der Waals surface area contributed by atoms with Crippen LogP contribution in [0.15, 0.2) is 59.1 Å². The molecule has 1 aliphatic carbocycles. The van der Waals surface area contributed by atoms with E-state index in [0.29, 0.717) is 5.92 Å². The molecule has 1 heterocycles. The van der Waals surface area contributed by atoms with Crippen LogP contribution in [0.25, 0.3) is 11.3 Å². The van der Waals surface area contributed by atoms with Crippen LogP contribution >= 0.6 is 0 Å². The van der Waals surface area contributed by atoms with Crippen molar-refractivity contribution in [2.24, 2.45) is 5.92 Å². The first kappa shape index (κ1) is 18.2. The first-order chi connectivity index (χ1) is 13.6. The summed E-state index contributed by atoms with van der Waals surface area (Å²) in [4.78, 5) is 15.0. The van der Waals surface area contributed by atoms with E-state index in [0.717, 1.165) is 24.3 Å². The Bertz CT molecular complexity index is 979. The van der Waals surface area contributed by atoms with Crippen molar-refractivity contribution in [3.05, 3.63) is 66.1 Å². The molecule has 144 valence electrons. The van der Waals surface area contributed by atoms with Crippen molar-refractivity contribution in [3.8, 4) is 17.1 Å². The molecule has 0 aliphatic heterocycles. The van der Waals surface area contributed by atoms with Gasteiger partial charge in [0.25, 0.3) is 5.91 Å². The van der Waals surface area contributed by atoms with Gasteiger partial charge in [-0.1, -0.05) is 17.3 Å². The number of anilines is 1. The summed E-state index contributed by atoms with van der Waals surface area (Å²) in [6, 6.07) is 15.1. The van der Waals surface area contributed by atoms with Gasteiger partial charge in [0.1, 0.15) is 11.6 Å². The molecular weight excluding hydrogens is 359 g/mol. The monoisotopic (exact) mass is 380 g/mol. The molecule has 6 heteroatoms. The average Bonchev–Trinajstić information content (AvgIpc) is 3.46. The highest BCUT2D eigenvalue weighted by Gasteiger charge is 2.36. The largest absolute Gasteiger partial charge is 0.497 e. The first-order valence-corrected chi connectivity index (χ1v) is 9.27. The Labute approximate surface area is 162 Å². The number of carbonyl (C=O) groups excluding carboxylic acids is 1. The fourth-order valence-corrected chi connectivity index (χ4v) is 3.36. The number of rotatable bonds is 6. The van der Waals surface area contributed by atoms with Crippen LogP contribution in [0.2, 0.25) is 0 Å². The highest BCUT2D eigenvalue weighted by molar-refractivity contribution is 6.05. The van der Waals surface area contributed by atoms with Crippen LogP contribution in [0.4, 0.5) is 10.1 Å². The van der Waals surface area contributed by atoms with E-state index in [-0.39, 0.29) is 29.0 Å². The van der Waals surface area contributed by atoms with Gasteiger partial charge in [0, 0.05) is 17.8 Å². The molecular formula is C22H21FN2O3. The molecule has 1 aromatic heterocycles. The molecule has 0 radical (unpaired) electrons. The summed E-state index contributed by atoms with van der Waals surface area (Å²) < 4.78 is 24.5. The van der Waals surface area contributed by atoms with Crippen LogP contribution in [0, 0.1) is 11.7 Å². The van der Waals surface area contributed by atoms with E-state index in [9.17, 15) is 9.18 Å². The van der Waals surface area contributed by atoms with Crippen LogP contribution in [0.1, 0.15) is 30.3 Å². The number of halogens is 1. The number of amides is 1. The zero-order chi connectivity index (χ0) is 19.7. The van der Waals surface area contributed by atoms with Gasteiger partial charge in [-0.25, -0.2) is 4.39 Å². The van der Waals surface area contributed by atoms with Crippen molar-refractivity contribution in [3.63, 3.8) is 0 Å². The highest BCUT2D eigenvalue weighted by atomic mass is 19.1. The van der Waals surface area contributed by atoms with Crippen LogP contribution in [0.5, 0.6) is 5.75 Å². The summed E-state index contributed by atoms with van der Waals surface area (Å²) >= 11 is 0. The summed E-state index contributed by atoms with van der Waals surface area (Å²) in [6.07, 6.45) is 2.20. The number of hydrogen-bond donors (Lipinski definition) is 0. The third-order valence-corrected chi connectivity index (χ3v) is 5.15. The van der Waals surface area contributed by atoms with E-state index < -0.39 is 5.82 Å². The van der Waals surface area contributed by atoms with E-state index >= 15 is 0 Å². The number of hydrogen-bond acceptors (Lipinski definition) is 4. The number of benzene rings is 2. The number of nitrogens with zero attached hydrogens (tertiary/aromatic N) is 2. The van der Waals surface area contributed by atoms with Gasteiger partial charge in [0.2, 0.25) is 0 Å². The minimum Gasteiger partial charge on any atom is -0.497 e. The lowest BCUT2D eigenvalue weighted by molar-refractivity contribution is 0.0967. The quantitative estimate of drug-likeness (QED) is 0.608. The Morgan fingerprint density at radius 1 is 1.21 bits per heavy atom. The van der Waals surface area contributed by atoms with E-state index in [2.05, 4.69) is 5.16 Å². The Morgan fingerprint density at radius 3 is 2.57 bits per heavy atom. The minimum atomic E-state index is -0.420. The summed E-state index contributed by atoms with van der Waals surface area (Å²) in [6.45, 7) is 2.04. The molecule has 0 bridgehead atoms. The maximum Gasteiger partial charge on any atom is 0.280 e. The fraction of sp³-hybridized carbons (Fsp3) is 0.273. The van der Waals surface area contributed by atoms with Gasteiger partial charge in [0.05, 0.1) is 12.7 Å². The van der Waals surface area contributed by atoms with Crippen molar-refractivity contribution in [1.82, 2.24) is 5.16 Å². The second-order valence-corrected chi connectivity index (χ2v) is 7.01. The predicted molar refractivity (Wildman–Crippen MR) is 104 cm³/mol. The molecule has 3 aromatic rings. The number of methoxy groups -OCH3 is 1. The standard InChI is InChI=1S/C22H21FN2O3/c1-14(15-7-8-15)25(16-9-11-17(27-2)12-10-16)22(26)20-13-21(28-24-20)18-5-3-4-6-19(18)23/h3-6,9-15H,7-8H2,1-2H3. The van der Waals surface area contributed by atoms with Crippen molar-refractivity contribution < 1.29 is 18.4 Å². The summed E-state index contributed by atoms with van der Waals surface area (Å²) in [5.41, 5.74) is 1.20. The lowest BCUT2D eigenvalue weighted by Crippen LogP contribution is -2.40. The van der Waals surface area contributed by atoms with Crippen molar-refractivity contribution in [2.75, 3.05) is 12.0 Å². The molecule has 0 spiro atoms. The molecule has 5 nitrogen and oxygen atoms in total. The Kier molecular flexibility index (Phi) is 4.86. The molecule has 2 aromatic carbocycles. The first-order valence-electron chi connectivity index (χ1n) is 9.27. The third-order valence-electron chi connectivity index (χ3n) is 5.15. The minimum absolute atomic E-state index is 0.0227. The van der Waals surface area contributed by atoms with Gasteiger partial charge in [-0.05, 0) is 62.1 Å². The molecule has 0 N–H and O–H groups in total. The molecule has 1 unspecified atom stereocenters. The van der Waals surface area contributed by atoms with Crippen LogP contribution in [0.3, 0.4) is 0 Å². The lowest BCUT2D eigenvalue weighted by Gasteiger charge is -2.29. The molecule has 1 amide bonds. The Hall–Kier alpha value is -3.15. The van der Waals surface area contributed by atoms with Crippen LogP contribution in [-0.4, -0.2) is 24.2 Å².